The van der Waals surface area contributed by atoms with Crippen LogP contribution in [0.25, 0.3) is 0 Å². The molecule has 3 aliphatic heterocycles. The summed E-state index contributed by atoms with van der Waals surface area (Å²) >= 11 is 0. The fraction of sp³-hybridized carbons (Fsp3) is 1.00. The molecule has 0 spiro atoms. The van der Waals surface area contributed by atoms with Crippen LogP contribution in [0.15, 0.2) is 0 Å². The summed E-state index contributed by atoms with van der Waals surface area (Å²) in [6.45, 7) is 7.64. The number of ether oxygens (including phenoxy) is 5. The van der Waals surface area contributed by atoms with Crippen molar-refractivity contribution in [3.8, 4) is 0 Å². The molecule has 5 atom stereocenters. The number of hydrogen-bond donors (Lipinski definition) is 1. The van der Waals surface area contributed by atoms with Gasteiger partial charge in [0.25, 0.3) is 0 Å². The van der Waals surface area contributed by atoms with E-state index in [-0.39, 0.29) is 31.0 Å². The first kappa shape index (κ1) is 13.7. The molecule has 0 aromatic carbocycles. The van der Waals surface area contributed by atoms with Crippen LogP contribution in [0.3, 0.4) is 0 Å². The monoisotopic (exact) mass is 275 g/mol. The Morgan fingerprint density at radius 2 is 1.53 bits per heavy atom. The second-order valence-corrected chi connectivity index (χ2v) is 6.04. The van der Waals surface area contributed by atoms with Crippen molar-refractivity contribution in [2.45, 2.75) is 70.0 Å². The Morgan fingerprint density at radius 3 is 2.21 bits per heavy atom. The highest BCUT2D eigenvalue weighted by Gasteiger charge is 2.61. The lowest BCUT2D eigenvalue weighted by molar-refractivity contribution is -0.348. The molecule has 2 N–H and O–H groups in total. The normalized spacial score (nSPS) is 46.9. The van der Waals surface area contributed by atoms with E-state index in [9.17, 15) is 0 Å². The Balaban J connectivity index is 1.80. The van der Waals surface area contributed by atoms with Crippen molar-refractivity contribution in [2.24, 2.45) is 5.90 Å². The average Bonchev–Trinajstić information content (AvgIpc) is 2.71. The highest BCUT2D eigenvalue weighted by Crippen LogP contribution is 2.44. The smallest absolute Gasteiger partial charge is 0.190 e. The van der Waals surface area contributed by atoms with Crippen LogP contribution < -0.4 is 5.90 Å². The summed E-state index contributed by atoms with van der Waals surface area (Å²) < 4.78 is 29.1. The maximum Gasteiger partial charge on any atom is 0.190 e. The SMILES string of the molecule is CC1(C)O[C@H]2O[C@H]3[C@H](OC(C)(C)O[C@@H]3CON)[C@H]2O1. The summed E-state index contributed by atoms with van der Waals surface area (Å²) in [7, 11) is 0. The minimum absolute atomic E-state index is 0.233. The third-order valence-electron chi connectivity index (χ3n) is 3.51. The quantitative estimate of drug-likeness (QED) is 0.724. The summed E-state index contributed by atoms with van der Waals surface area (Å²) in [5, 5.41) is 0. The topological polar surface area (TPSA) is 81.4 Å². The second-order valence-electron chi connectivity index (χ2n) is 6.04. The van der Waals surface area contributed by atoms with Gasteiger partial charge < -0.3 is 28.5 Å². The lowest BCUT2D eigenvalue weighted by Crippen LogP contribution is -2.57. The van der Waals surface area contributed by atoms with Crippen molar-refractivity contribution < 1.29 is 28.5 Å². The first-order valence-corrected chi connectivity index (χ1v) is 6.50. The molecule has 3 fully saturated rings. The van der Waals surface area contributed by atoms with Crippen LogP contribution >= 0.6 is 0 Å². The van der Waals surface area contributed by atoms with E-state index < -0.39 is 17.9 Å². The van der Waals surface area contributed by atoms with Gasteiger partial charge in [0.05, 0.1) is 6.61 Å². The van der Waals surface area contributed by atoms with Gasteiger partial charge in [-0.3, -0.25) is 0 Å². The fourth-order valence-electron chi connectivity index (χ4n) is 2.95. The minimum Gasteiger partial charge on any atom is -0.342 e. The van der Waals surface area contributed by atoms with Gasteiger partial charge in [-0.25, -0.2) is 5.90 Å². The highest BCUT2D eigenvalue weighted by molar-refractivity contribution is 5.00. The van der Waals surface area contributed by atoms with Crippen molar-refractivity contribution in [3.63, 3.8) is 0 Å². The maximum absolute atomic E-state index is 5.93. The van der Waals surface area contributed by atoms with Crippen molar-refractivity contribution in [1.29, 1.82) is 0 Å². The second kappa shape index (κ2) is 4.36. The van der Waals surface area contributed by atoms with Gasteiger partial charge in [-0.05, 0) is 27.7 Å². The molecule has 0 amide bonds. The zero-order valence-electron chi connectivity index (χ0n) is 11.6. The molecule has 0 saturated carbocycles. The molecule has 7 heteroatoms. The van der Waals surface area contributed by atoms with E-state index in [2.05, 4.69) is 0 Å². The third kappa shape index (κ3) is 2.40. The van der Waals surface area contributed by atoms with Crippen molar-refractivity contribution >= 4 is 0 Å². The Morgan fingerprint density at radius 1 is 0.895 bits per heavy atom. The zero-order chi connectivity index (χ0) is 13.8. The molecule has 7 nitrogen and oxygen atoms in total. The molecule has 3 heterocycles. The third-order valence-corrected chi connectivity index (χ3v) is 3.51. The molecule has 0 aromatic rings. The van der Waals surface area contributed by atoms with Gasteiger partial charge in [-0.15, -0.1) is 0 Å². The first-order chi connectivity index (χ1) is 8.81. The fourth-order valence-corrected chi connectivity index (χ4v) is 2.95. The molecule has 3 aliphatic rings. The molecule has 0 bridgehead atoms. The summed E-state index contributed by atoms with van der Waals surface area (Å²) in [5.74, 6) is 3.75. The van der Waals surface area contributed by atoms with E-state index in [0.717, 1.165) is 0 Å². The first-order valence-electron chi connectivity index (χ1n) is 6.50. The van der Waals surface area contributed by atoms with Crippen LogP contribution in [0, 0.1) is 0 Å². The summed E-state index contributed by atoms with van der Waals surface area (Å²) in [5.41, 5.74) is 0. The molecule has 3 rings (SSSR count). The Hall–Kier alpha value is -0.280. The van der Waals surface area contributed by atoms with Crippen molar-refractivity contribution in [2.75, 3.05) is 6.61 Å². The average molecular weight is 275 g/mol. The number of rotatable bonds is 2. The summed E-state index contributed by atoms with van der Waals surface area (Å²) in [6.07, 6.45) is -1.57. The molecule has 3 saturated heterocycles. The Bertz CT molecular complexity index is 360. The van der Waals surface area contributed by atoms with E-state index in [0.29, 0.717) is 0 Å². The van der Waals surface area contributed by atoms with Gasteiger partial charge in [0.2, 0.25) is 0 Å². The van der Waals surface area contributed by atoms with E-state index >= 15 is 0 Å². The standard InChI is InChI=1S/C12H21NO6/c1-11(2)16-6(5-14-13)7-8(17-11)9-10(15-7)19-12(3,4)18-9/h6-10H,5,13H2,1-4H3/t6-,7-,8+,9-,10-/m1/s1. The lowest BCUT2D eigenvalue weighted by atomic mass is 10.0. The van der Waals surface area contributed by atoms with Crippen LogP contribution in [0.4, 0.5) is 0 Å². The zero-order valence-corrected chi connectivity index (χ0v) is 11.6. The van der Waals surface area contributed by atoms with Gasteiger partial charge in [-0.2, -0.15) is 0 Å². The van der Waals surface area contributed by atoms with E-state index in [1.165, 1.54) is 0 Å². The molecule has 0 unspecified atom stereocenters. The molecule has 0 radical (unpaired) electrons. The van der Waals surface area contributed by atoms with Crippen LogP contribution in [-0.2, 0) is 28.5 Å². The Labute approximate surface area is 112 Å². The van der Waals surface area contributed by atoms with Gasteiger partial charge >= 0.3 is 0 Å². The van der Waals surface area contributed by atoms with E-state index in [1.807, 2.05) is 27.7 Å². The van der Waals surface area contributed by atoms with Crippen LogP contribution in [0.2, 0.25) is 0 Å². The van der Waals surface area contributed by atoms with Crippen LogP contribution in [0.5, 0.6) is 0 Å². The predicted molar refractivity (Wildman–Crippen MR) is 62.7 cm³/mol. The van der Waals surface area contributed by atoms with Crippen LogP contribution in [0.1, 0.15) is 27.7 Å². The molecule has 110 valence electrons. The Kier molecular flexibility index (Phi) is 3.14. The van der Waals surface area contributed by atoms with Crippen molar-refractivity contribution in [3.05, 3.63) is 0 Å². The number of fused-ring (bicyclic) bond motifs is 3. The van der Waals surface area contributed by atoms with E-state index in [4.69, 9.17) is 34.4 Å². The van der Waals surface area contributed by atoms with E-state index in [1.54, 1.807) is 0 Å². The van der Waals surface area contributed by atoms with Crippen LogP contribution in [-0.4, -0.2) is 48.9 Å². The van der Waals surface area contributed by atoms with Crippen molar-refractivity contribution in [1.82, 2.24) is 0 Å². The number of nitrogens with two attached hydrogens (primary N) is 1. The lowest BCUT2D eigenvalue weighted by Gasteiger charge is -2.43. The minimum atomic E-state index is -0.737. The molecule has 0 aromatic heterocycles. The predicted octanol–water partition coefficient (Wildman–Crippen LogP) is 0.273. The molecular formula is C12H21NO6. The largest absolute Gasteiger partial charge is 0.342 e. The van der Waals surface area contributed by atoms with Gasteiger partial charge in [0.1, 0.15) is 24.4 Å². The summed E-state index contributed by atoms with van der Waals surface area (Å²) in [4.78, 5) is 4.70. The van der Waals surface area contributed by atoms with Gasteiger partial charge in [0.15, 0.2) is 17.9 Å². The molecular weight excluding hydrogens is 254 g/mol. The molecule has 0 aliphatic carbocycles. The maximum atomic E-state index is 5.93. The number of hydrogen-bond acceptors (Lipinski definition) is 7. The van der Waals surface area contributed by atoms with Gasteiger partial charge in [-0.1, -0.05) is 0 Å². The molecule has 19 heavy (non-hydrogen) atoms. The summed E-state index contributed by atoms with van der Waals surface area (Å²) in [6, 6.07) is 0. The van der Waals surface area contributed by atoms with Gasteiger partial charge in [0, 0.05) is 0 Å². The highest BCUT2D eigenvalue weighted by atomic mass is 16.9.